The molecule has 2 aromatic carbocycles. The number of fused-ring (bicyclic) bond motifs is 1. The Balaban J connectivity index is 1.79. The summed E-state index contributed by atoms with van der Waals surface area (Å²) in [5.74, 6) is 1.25. The first-order valence-corrected chi connectivity index (χ1v) is 13.0. The Kier molecular flexibility index (Phi) is 8.09. The van der Waals surface area contributed by atoms with E-state index in [9.17, 15) is 9.90 Å². The zero-order chi connectivity index (χ0) is 25.8. The van der Waals surface area contributed by atoms with Crippen molar-refractivity contribution in [3.8, 4) is 28.5 Å². The second-order valence-corrected chi connectivity index (χ2v) is 9.61. The van der Waals surface area contributed by atoms with E-state index in [-0.39, 0.29) is 11.7 Å². The van der Waals surface area contributed by atoms with Crippen LogP contribution in [0.25, 0.3) is 11.3 Å². The van der Waals surface area contributed by atoms with Crippen LogP contribution in [0.4, 0.5) is 0 Å². The zero-order valence-corrected chi connectivity index (χ0v) is 22.1. The lowest BCUT2D eigenvalue weighted by Crippen LogP contribution is -2.30. The van der Waals surface area contributed by atoms with Gasteiger partial charge in [0.1, 0.15) is 17.1 Å². The molecule has 2 N–H and O–H groups in total. The zero-order valence-electron chi connectivity index (χ0n) is 21.4. The van der Waals surface area contributed by atoms with E-state index in [1.807, 2.05) is 30.0 Å². The van der Waals surface area contributed by atoms with Crippen molar-refractivity contribution < 1.29 is 19.4 Å². The average Bonchev–Trinajstić information content (AvgIpc) is 3.41. The molecule has 0 saturated heterocycles. The van der Waals surface area contributed by atoms with Gasteiger partial charge in [-0.15, -0.1) is 0 Å². The summed E-state index contributed by atoms with van der Waals surface area (Å²) in [4.78, 5) is 15.3. The minimum absolute atomic E-state index is 0.0674. The number of nitrogens with one attached hydrogen (secondary N) is 1. The first-order valence-electron chi connectivity index (χ1n) is 12.6. The molecule has 0 saturated carbocycles. The smallest absolute Gasteiger partial charge is 0.273 e. The number of aromatic hydroxyl groups is 1. The van der Waals surface area contributed by atoms with E-state index in [2.05, 4.69) is 24.0 Å². The number of ether oxygens (including phenoxy) is 2. The number of phenolic OH excluding ortho intramolecular Hbond substituents is 1. The van der Waals surface area contributed by atoms with Gasteiger partial charge in [-0.25, -0.2) is 0 Å². The van der Waals surface area contributed by atoms with Gasteiger partial charge in [-0.2, -0.15) is 5.10 Å². The first kappa shape index (κ1) is 25.9. The van der Waals surface area contributed by atoms with Crippen LogP contribution in [0.3, 0.4) is 0 Å². The summed E-state index contributed by atoms with van der Waals surface area (Å²) in [7, 11) is 1.62. The maximum absolute atomic E-state index is 13.5. The van der Waals surface area contributed by atoms with Gasteiger partial charge in [-0.3, -0.25) is 9.89 Å². The molecule has 192 valence electrons. The number of hydrogen-bond donors (Lipinski definition) is 2. The fourth-order valence-electron chi connectivity index (χ4n) is 4.67. The number of carbonyl (C=O) groups excluding carboxylic acids is 1. The molecule has 1 aliphatic heterocycles. The van der Waals surface area contributed by atoms with Gasteiger partial charge in [0.2, 0.25) is 0 Å². The van der Waals surface area contributed by atoms with Gasteiger partial charge in [-0.05, 0) is 55.2 Å². The fraction of sp³-hybridized carbons (Fsp3) is 0.429. The number of amides is 1. The topological polar surface area (TPSA) is 87.7 Å². The average molecular weight is 512 g/mol. The first-order chi connectivity index (χ1) is 17.4. The third kappa shape index (κ3) is 4.89. The van der Waals surface area contributed by atoms with Crippen molar-refractivity contribution in [2.24, 2.45) is 0 Å². The number of benzene rings is 2. The van der Waals surface area contributed by atoms with Crippen molar-refractivity contribution in [1.82, 2.24) is 15.1 Å². The third-order valence-electron chi connectivity index (χ3n) is 6.66. The predicted molar refractivity (Wildman–Crippen MR) is 141 cm³/mol. The van der Waals surface area contributed by atoms with Crippen LogP contribution in [-0.2, 0) is 0 Å². The van der Waals surface area contributed by atoms with Gasteiger partial charge in [0.15, 0.2) is 11.5 Å². The number of halogens is 1. The Morgan fingerprint density at radius 3 is 2.61 bits per heavy atom. The van der Waals surface area contributed by atoms with E-state index in [4.69, 9.17) is 21.1 Å². The van der Waals surface area contributed by atoms with Crippen molar-refractivity contribution in [2.45, 2.75) is 58.9 Å². The predicted octanol–water partition coefficient (Wildman–Crippen LogP) is 6.67. The highest BCUT2D eigenvalue weighted by Gasteiger charge is 2.42. The number of H-pyrrole nitrogens is 1. The van der Waals surface area contributed by atoms with E-state index >= 15 is 0 Å². The number of nitrogens with zero attached hydrogens (tertiary/aromatic N) is 2. The molecule has 7 nitrogen and oxygen atoms in total. The molecule has 0 bridgehead atoms. The van der Waals surface area contributed by atoms with E-state index in [0.29, 0.717) is 46.6 Å². The summed E-state index contributed by atoms with van der Waals surface area (Å²) in [6.07, 6.45) is 5.04. The van der Waals surface area contributed by atoms with Gasteiger partial charge < -0.3 is 19.5 Å². The van der Waals surface area contributed by atoms with Crippen LogP contribution in [-0.4, -0.2) is 46.4 Å². The van der Waals surface area contributed by atoms with Gasteiger partial charge in [0, 0.05) is 22.7 Å². The second-order valence-electron chi connectivity index (χ2n) is 9.20. The van der Waals surface area contributed by atoms with Crippen LogP contribution in [0.1, 0.15) is 79.2 Å². The SMILES string of the molecule is CCCCCOc1ccc(C2c3c(-c4cc(Cl)c(C)cc4O)n[nH]c3C(=O)N2CCCC)cc1OC. The molecule has 1 aromatic heterocycles. The molecule has 1 atom stereocenters. The number of unbranched alkanes of at least 4 members (excludes halogenated alkanes) is 3. The molecule has 0 spiro atoms. The second kappa shape index (κ2) is 11.2. The minimum atomic E-state index is -0.393. The normalized spacial score (nSPS) is 14.9. The highest BCUT2D eigenvalue weighted by atomic mass is 35.5. The summed E-state index contributed by atoms with van der Waals surface area (Å²) in [6.45, 7) is 7.31. The lowest BCUT2D eigenvalue weighted by atomic mass is 9.95. The van der Waals surface area contributed by atoms with Crippen LogP contribution >= 0.6 is 11.6 Å². The van der Waals surface area contributed by atoms with Crippen molar-refractivity contribution in [2.75, 3.05) is 20.3 Å². The highest BCUT2D eigenvalue weighted by Crippen LogP contribution is 2.46. The van der Waals surface area contributed by atoms with Gasteiger partial charge >= 0.3 is 0 Å². The molecular weight excluding hydrogens is 478 g/mol. The number of aromatic amines is 1. The van der Waals surface area contributed by atoms with E-state index in [1.54, 1.807) is 19.2 Å². The molecule has 36 heavy (non-hydrogen) atoms. The maximum atomic E-state index is 13.5. The maximum Gasteiger partial charge on any atom is 0.273 e. The summed E-state index contributed by atoms with van der Waals surface area (Å²) in [6, 6.07) is 8.73. The molecule has 8 heteroatoms. The minimum Gasteiger partial charge on any atom is -0.507 e. The highest BCUT2D eigenvalue weighted by molar-refractivity contribution is 6.31. The standard InChI is InChI=1S/C28H34ClN3O4/c1-5-7-9-13-36-22-11-10-18(15-23(22)35-4)27-24-25(19-16-20(29)17(3)14-21(19)33)30-31-26(24)28(34)32(27)12-8-6-2/h10-11,14-16,27,33H,5-9,12-13H2,1-4H3,(H,30,31). The third-order valence-corrected chi connectivity index (χ3v) is 7.06. The molecular formula is C28H34ClN3O4. The monoisotopic (exact) mass is 511 g/mol. The lowest BCUT2D eigenvalue weighted by Gasteiger charge is -2.27. The van der Waals surface area contributed by atoms with E-state index in [0.717, 1.165) is 48.8 Å². The van der Waals surface area contributed by atoms with Crippen LogP contribution in [0, 0.1) is 6.92 Å². The van der Waals surface area contributed by atoms with Gasteiger partial charge in [0.25, 0.3) is 5.91 Å². The van der Waals surface area contributed by atoms with Crippen LogP contribution in [0.15, 0.2) is 30.3 Å². The van der Waals surface area contributed by atoms with Crippen molar-refractivity contribution in [1.29, 1.82) is 0 Å². The van der Waals surface area contributed by atoms with Crippen molar-refractivity contribution in [3.63, 3.8) is 0 Å². The summed E-state index contributed by atoms with van der Waals surface area (Å²) in [5.41, 5.74) is 3.81. The Bertz CT molecular complexity index is 1240. The molecule has 1 amide bonds. The number of aryl methyl sites for hydroxylation is 1. The molecule has 2 heterocycles. The Hall–Kier alpha value is -3.19. The number of aromatic nitrogens is 2. The molecule has 4 rings (SSSR count). The van der Waals surface area contributed by atoms with Crippen LogP contribution in [0.2, 0.25) is 5.02 Å². The summed E-state index contributed by atoms with van der Waals surface area (Å²) in [5, 5.41) is 18.6. The summed E-state index contributed by atoms with van der Waals surface area (Å²) < 4.78 is 11.6. The molecule has 0 radical (unpaired) electrons. The van der Waals surface area contributed by atoms with E-state index < -0.39 is 6.04 Å². The van der Waals surface area contributed by atoms with Crippen LogP contribution in [0.5, 0.6) is 17.2 Å². The number of methoxy groups -OCH3 is 1. The molecule has 0 aliphatic carbocycles. The Morgan fingerprint density at radius 2 is 1.89 bits per heavy atom. The van der Waals surface area contributed by atoms with Gasteiger partial charge in [-0.1, -0.05) is 50.8 Å². The largest absolute Gasteiger partial charge is 0.507 e. The number of carbonyl (C=O) groups is 1. The lowest BCUT2D eigenvalue weighted by molar-refractivity contribution is 0.0741. The molecule has 3 aromatic rings. The molecule has 0 fully saturated rings. The summed E-state index contributed by atoms with van der Waals surface area (Å²) >= 11 is 6.39. The number of hydrogen-bond acceptors (Lipinski definition) is 5. The van der Waals surface area contributed by atoms with Crippen molar-refractivity contribution >= 4 is 17.5 Å². The fourth-order valence-corrected chi connectivity index (χ4v) is 4.83. The quantitative estimate of drug-likeness (QED) is 0.281. The number of rotatable bonds is 11. The van der Waals surface area contributed by atoms with Gasteiger partial charge in [0.05, 0.1) is 19.8 Å². The Labute approximate surface area is 217 Å². The Morgan fingerprint density at radius 1 is 1.11 bits per heavy atom. The van der Waals surface area contributed by atoms with Crippen molar-refractivity contribution in [3.05, 3.63) is 57.7 Å². The van der Waals surface area contributed by atoms with Crippen LogP contribution < -0.4 is 9.47 Å². The molecule has 1 unspecified atom stereocenters. The molecule has 1 aliphatic rings. The van der Waals surface area contributed by atoms with E-state index in [1.165, 1.54) is 0 Å². The number of phenols is 1.